The van der Waals surface area contributed by atoms with Crippen LogP contribution in [0.3, 0.4) is 0 Å². The normalized spacial score (nSPS) is 14.0. The number of halogens is 1. The minimum absolute atomic E-state index is 0.454. The van der Waals surface area contributed by atoms with Crippen molar-refractivity contribution in [2.24, 2.45) is 7.05 Å². The highest BCUT2D eigenvalue weighted by Gasteiger charge is 2.25. The van der Waals surface area contributed by atoms with Gasteiger partial charge >= 0.3 is 0 Å². The van der Waals surface area contributed by atoms with Gasteiger partial charge in [0.25, 0.3) is 0 Å². The Morgan fingerprint density at radius 3 is 2.38 bits per heavy atom. The van der Waals surface area contributed by atoms with Gasteiger partial charge in [0.15, 0.2) is 0 Å². The number of hydrogen-bond donors (Lipinski definition) is 1. The fourth-order valence-corrected chi connectivity index (χ4v) is 2.71. The zero-order valence-corrected chi connectivity index (χ0v) is 13.6. The summed E-state index contributed by atoms with van der Waals surface area (Å²) in [6.07, 6.45) is 0.993. The molecule has 0 aliphatic carbocycles. The molecular formula is C16H21ClN2O2. The summed E-state index contributed by atoms with van der Waals surface area (Å²) in [6, 6.07) is 7.71. The number of aryl methyl sites for hydroxylation is 2. The first-order valence-electron chi connectivity index (χ1n) is 6.85. The Kier molecular flexibility index (Phi) is 4.59. The molecule has 0 saturated heterocycles. The van der Waals surface area contributed by atoms with Crippen LogP contribution in [0.4, 0.5) is 0 Å². The molecule has 0 aliphatic heterocycles. The van der Waals surface area contributed by atoms with Gasteiger partial charge in [-0.2, -0.15) is 5.10 Å². The molecule has 0 saturated carbocycles. The van der Waals surface area contributed by atoms with Gasteiger partial charge in [-0.25, -0.2) is 0 Å². The first-order valence-corrected chi connectivity index (χ1v) is 7.23. The Hall–Kier alpha value is -1.52. The molecule has 0 radical (unpaired) electrons. The Morgan fingerprint density at radius 1 is 1.29 bits per heavy atom. The SMILES string of the molecule is COc1ccc(CC(C)(O)Cc2c(Cl)c(C)nn2C)cc1. The van der Waals surface area contributed by atoms with Crippen molar-refractivity contribution in [2.45, 2.75) is 32.3 Å². The summed E-state index contributed by atoms with van der Waals surface area (Å²) in [5.41, 5.74) is 1.80. The summed E-state index contributed by atoms with van der Waals surface area (Å²) in [4.78, 5) is 0. The van der Waals surface area contributed by atoms with E-state index in [-0.39, 0.29) is 0 Å². The number of ether oxygens (including phenoxy) is 1. The van der Waals surface area contributed by atoms with Crippen LogP contribution >= 0.6 is 11.6 Å². The van der Waals surface area contributed by atoms with Gasteiger partial charge in [0.2, 0.25) is 0 Å². The second kappa shape index (κ2) is 6.08. The van der Waals surface area contributed by atoms with Crippen molar-refractivity contribution in [3.63, 3.8) is 0 Å². The first kappa shape index (κ1) is 15.9. The molecule has 5 heteroatoms. The Bertz CT molecular complexity index is 618. The standard InChI is InChI=1S/C16H21ClN2O2/c1-11-15(17)14(19(3)18-11)10-16(2,20)9-12-5-7-13(21-4)8-6-12/h5-8,20H,9-10H2,1-4H3. The van der Waals surface area contributed by atoms with Gasteiger partial charge in [0, 0.05) is 19.9 Å². The third-order valence-electron chi connectivity index (χ3n) is 3.55. The lowest BCUT2D eigenvalue weighted by Crippen LogP contribution is -2.31. The van der Waals surface area contributed by atoms with E-state index in [0.29, 0.717) is 17.9 Å². The topological polar surface area (TPSA) is 47.3 Å². The molecule has 4 nitrogen and oxygen atoms in total. The van der Waals surface area contributed by atoms with Crippen LogP contribution in [0.2, 0.25) is 5.02 Å². The molecule has 0 aliphatic rings. The highest BCUT2D eigenvalue weighted by Crippen LogP contribution is 2.26. The fourth-order valence-electron chi connectivity index (χ4n) is 2.48. The highest BCUT2D eigenvalue weighted by atomic mass is 35.5. The van der Waals surface area contributed by atoms with Crippen molar-refractivity contribution in [3.05, 3.63) is 46.2 Å². The monoisotopic (exact) mass is 308 g/mol. The molecule has 114 valence electrons. The van der Waals surface area contributed by atoms with Crippen LogP contribution in [0.15, 0.2) is 24.3 Å². The minimum Gasteiger partial charge on any atom is -0.497 e. The number of rotatable bonds is 5. The lowest BCUT2D eigenvalue weighted by atomic mass is 9.91. The second-order valence-corrected chi connectivity index (χ2v) is 6.05. The lowest BCUT2D eigenvalue weighted by Gasteiger charge is -2.23. The summed E-state index contributed by atoms with van der Waals surface area (Å²) in [6.45, 7) is 3.68. The fraction of sp³-hybridized carbons (Fsp3) is 0.438. The predicted molar refractivity (Wildman–Crippen MR) is 84.0 cm³/mol. The van der Waals surface area contributed by atoms with Crippen LogP contribution in [-0.2, 0) is 19.9 Å². The molecule has 1 atom stereocenters. The maximum Gasteiger partial charge on any atom is 0.118 e. The van der Waals surface area contributed by atoms with E-state index >= 15 is 0 Å². The maximum atomic E-state index is 10.7. The van der Waals surface area contributed by atoms with Gasteiger partial charge < -0.3 is 9.84 Å². The Morgan fingerprint density at radius 2 is 1.90 bits per heavy atom. The second-order valence-electron chi connectivity index (χ2n) is 5.67. The van der Waals surface area contributed by atoms with Crippen molar-refractivity contribution in [3.8, 4) is 5.75 Å². The largest absolute Gasteiger partial charge is 0.497 e. The van der Waals surface area contributed by atoms with Crippen LogP contribution in [0, 0.1) is 6.92 Å². The van der Waals surface area contributed by atoms with Crippen LogP contribution < -0.4 is 4.74 Å². The van der Waals surface area contributed by atoms with Gasteiger partial charge in [0.1, 0.15) is 5.75 Å². The molecule has 1 aromatic carbocycles. The molecule has 1 N–H and O–H groups in total. The molecule has 0 amide bonds. The Labute approximate surface area is 130 Å². The zero-order chi connectivity index (χ0) is 15.6. The number of aliphatic hydroxyl groups is 1. The number of aromatic nitrogens is 2. The van der Waals surface area contributed by atoms with E-state index in [9.17, 15) is 5.11 Å². The number of methoxy groups -OCH3 is 1. The Balaban J connectivity index is 2.13. The molecule has 2 rings (SSSR count). The van der Waals surface area contributed by atoms with Gasteiger partial charge in [0.05, 0.1) is 29.1 Å². The van der Waals surface area contributed by atoms with Gasteiger partial charge in [-0.3, -0.25) is 4.68 Å². The summed E-state index contributed by atoms with van der Waals surface area (Å²) < 4.78 is 6.87. The van der Waals surface area contributed by atoms with E-state index < -0.39 is 5.60 Å². The summed E-state index contributed by atoms with van der Waals surface area (Å²) in [7, 11) is 3.48. The molecule has 1 aromatic heterocycles. The van der Waals surface area contributed by atoms with E-state index in [1.165, 1.54) is 0 Å². The highest BCUT2D eigenvalue weighted by molar-refractivity contribution is 6.31. The first-order chi connectivity index (χ1) is 9.82. The summed E-state index contributed by atoms with van der Waals surface area (Å²) >= 11 is 6.25. The van der Waals surface area contributed by atoms with E-state index in [1.54, 1.807) is 11.8 Å². The molecule has 0 spiro atoms. The predicted octanol–water partition coefficient (Wildman–Crippen LogP) is 2.93. The van der Waals surface area contributed by atoms with Crippen molar-refractivity contribution in [1.82, 2.24) is 9.78 Å². The van der Waals surface area contributed by atoms with E-state index in [2.05, 4.69) is 5.10 Å². The van der Waals surface area contributed by atoms with Crippen LogP contribution in [-0.4, -0.2) is 27.6 Å². The summed E-state index contributed by atoms with van der Waals surface area (Å²) in [5, 5.41) is 15.6. The number of hydrogen-bond acceptors (Lipinski definition) is 3. The lowest BCUT2D eigenvalue weighted by molar-refractivity contribution is 0.0589. The number of nitrogens with zero attached hydrogens (tertiary/aromatic N) is 2. The molecular weight excluding hydrogens is 288 g/mol. The van der Waals surface area contributed by atoms with E-state index in [4.69, 9.17) is 16.3 Å². The van der Waals surface area contributed by atoms with Crippen molar-refractivity contribution < 1.29 is 9.84 Å². The summed E-state index contributed by atoms with van der Waals surface area (Å²) in [5.74, 6) is 0.809. The van der Waals surface area contributed by atoms with Crippen LogP contribution in [0.1, 0.15) is 23.9 Å². The van der Waals surface area contributed by atoms with Crippen molar-refractivity contribution >= 4 is 11.6 Å². The quantitative estimate of drug-likeness (QED) is 0.924. The minimum atomic E-state index is -0.890. The van der Waals surface area contributed by atoms with E-state index in [0.717, 1.165) is 22.7 Å². The molecule has 0 fully saturated rings. The molecule has 2 aromatic rings. The third-order valence-corrected chi connectivity index (χ3v) is 4.05. The zero-order valence-electron chi connectivity index (χ0n) is 12.9. The maximum absolute atomic E-state index is 10.7. The number of benzene rings is 1. The van der Waals surface area contributed by atoms with E-state index in [1.807, 2.05) is 45.2 Å². The van der Waals surface area contributed by atoms with Crippen LogP contribution in [0.5, 0.6) is 5.75 Å². The van der Waals surface area contributed by atoms with Gasteiger partial charge in [-0.15, -0.1) is 0 Å². The molecule has 0 bridgehead atoms. The average Bonchev–Trinajstić information content (AvgIpc) is 2.65. The van der Waals surface area contributed by atoms with Crippen molar-refractivity contribution in [2.75, 3.05) is 7.11 Å². The van der Waals surface area contributed by atoms with Crippen LogP contribution in [0.25, 0.3) is 0 Å². The van der Waals surface area contributed by atoms with Gasteiger partial charge in [-0.05, 0) is 31.5 Å². The average molecular weight is 309 g/mol. The van der Waals surface area contributed by atoms with Gasteiger partial charge in [-0.1, -0.05) is 23.7 Å². The smallest absolute Gasteiger partial charge is 0.118 e. The third kappa shape index (κ3) is 3.77. The molecule has 21 heavy (non-hydrogen) atoms. The molecule has 1 heterocycles. The van der Waals surface area contributed by atoms with Crippen molar-refractivity contribution in [1.29, 1.82) is 0 Å². The molecule has 1 unspecified atom stereocenters.